The van der Waals surface area contributed by atoms with E-state index < -0.39 is 0 Å². The average molecular weight is 462 g/mol. The number of rotatable bonds is 3. The minimum atomic E-state index is -0.0363. The van der Waals surface area contributed by atoms with Crippen LogP contribution in [0.4, 0.5) is 0 Å². The van der Waals surface area contributed by atoms with Crippen molar-refractivity contribution in [3.63, 3.8) is 0 Å². The van der Waals surface area contributed by atoms with Crippen LogP contribution in [0.5, 0.6) is 0 Å². The summed E-state index contributed by atoms with van der Waals surface area (Å²) in [5, 5.41) is 6.14. The molecule has 0 amide bonds. The Morgan fingerprint density at radius 1 is 1.03 bits per heavy atom. The first-order valence-corrected chi connectivity index (χ1v) is 11.4. The van der Waals surface area contributed by atoms with E-state index in [9.17, 15) is 4.79 Å². The first-order valence-electron chi connectivity index (χ1n) is 10.2. The van der Waals surface area contributed by atoms with Gasteiger partial charge < -0.3 is 0 Å². The SMILES string of the molecule is CC(=O)c1c(C)nc2sc3c(-n4nc(C)cc4C)nc(C)nc3c2c1-c1ccc(Cl)cc1. The van der Waals surface area contributed by atoms with E-state index in [-0.39, 0.29) is 5.78 Å². The van der Waals surface area contributed by atoms with Crippen molar-refractivity contribution in [1.29, 1.82) is 0 Å². The summed E-state index contributed by atoms with van der Waals surface area (Å²) < 4.78 is 2.74. The van der Waals surface area contributed by atoms with Crippen LogP contribution in [0.3, 0.4) is 0 Å². The lowest BCUT2D eigenvalue weighted by Crippen LogP contribution is -2.05. The van der Waals surface area contributed by atoms with Crippen LogP contribution in [0.15, 0.2) is 30.3 Å². The van der Waals surface area contributed by atoms with Gasteiger partial charge in [-0.25, -0.2) is 19.6 Å². The summed E-state index contributed by atoms with van der Waals surface area (Å²) in [6, 6.07) is 9.55. The first-order chi connectivity index (χ1) is 15.2. The molecule has 0 aliphatic heterocycles. The Morgan fingerprint density at radius 3 is 2.38 bits per heavy atom. The maximum Gasteiger partial charge on any atom is 0.175 e. The maximum absolute atomic E-state index is 12.7. The molecule has 32 heavy (non-hydrogen) atoms. The van der Waals surface area contributed by atoms with Crippen LogP contribution in [-0.4, -0.2) is 30.5 Å². The Balaban J connectivity index is 1.97. The van der Waals surface area contributed by atoms with Crippen molar-refractivity contribution in [2.24, 2.45) is 0 Å². The van der Waals surface area contributed by atoms with Crippen LogP contribution < -0.4 is 0 Å². The summed E-state index contributed by atoms with van der Waals surface area (Å²) in [7, 11) is 0. The fourth-order valence-electron chi connectivity index (χ4n) is 4.20. The number of fused-ring (bicyclic) bond motifs is 3. The second-order valence-electron chi connectivity index (χ2n) is 7.90. The molecule has 0 aliphatic carbocycles. The molecule has 8 heteroatoms. The molecule has 0 aliphatic rings. The highest BCUT2D eigenvalue weighted by molar-refractivity contribution is 7.25. The molecule has 0 N–H and O–H groups in total. The van der Waals surface area contributed by atoms with E-state index in [1.165, 1.54) is 11.3 Å². The van der Waals surface area contributed by atoms with Gasteiger partial charge in [0.05, 0.1) is 16.9 Å². The predicted molar refractivity (Wildman–Crippen MR) is 129 cm³/mol. The Labute approximate surface area is 193 Å². The van der Waals surface area contributed by atoms with E-state index in [1.54, 1.807) is 6.92 Å². The Morgan fingerprint density at radius 2 is 1.75 bits per heavy atom. The van der Waals surface area contributed by atoms with E-state index >= 15 is 0 Å². The Hall–Kier alpha value is -3.16. The summed E-state index contributed by atoms with van der Waals surface area (Å²) in [5.41, 5.74) is 5.72. The molecule has 4 heterocycles. The van der Waals surface area contributed by atoms with Gasteiger partial charge in [0, 0.05) is 27.2 Å². The molecule has 0 bridgehead atoms. The van der Waals surface area contributed by atoms with Crippen LogP contribution in [0.2, 0.25) is 5.02 Å². The molecule has 0 saturated heterocycles. The van der Waals surface area contributed by atoms with Crippen LogP contribution in [-0.2, 0) is 0 Å². The number of pyridine rings is 1. The number of carbonyl (C=O) groups is 1. The van der Waals surface area contributed by atoms with E-state index in [1.807, 2.05) is 62.7 Å². The maximum atomic E-state index is 12.7. The molecule has 5 aromatic rings. The minimum Gasteiger partial charge on any atom is -0.294 e. The zero-order valence-corrected chi connectivity index (χ0v) is 19.9. The van der Waals surface area contributed by atoms with Crippen molar-refractivity contribution in [1.82, 2.24) is 24.7 Å². The third kappa shape index (κ3) is 3.20. The van der Waals surface area contributed by atoms with Crippen LogP contribution in [0.1, 0.15) is 40.2 Å². The number of hydrogen-bond acceptors (Lipinski definition) is 6. The number of aryl methyl sites for hydroxylation is 4. The average Bonchev–Trinajstić information content (AvgIpc) is 3.25. The third-order valence-corrected chi connectivity index (χ3v) is 6.76. The summed E-state index contributed by atoms with van der Waals surface area (Å²) in [6.45, 7) is 9.28. The third-order valence-electron chi connectivity index (χ3n) is 5.44. The van der Waals surface area contributed by atoms with Gasteiger partial charge in [-0.15, -0.1) is 11.3 Å². The zero-order chi connectivity index (χ0) is 22.7. The molecular weight excluding hydrogens is 442 g/mol. The molecule has 0 unspecified atom stereocenters. The predicted octanol–water partition coefficient (Wildman–Crippen LogP) is 6.18. The van der Waals surface area contributed by atoms with Gasteiger partial charge in [-0.05, 0) is 58.4 Å². The summed E-state index contributed by atoms with van der Waals surface area (Å²) in [4.78, 5) is 27.9. The van der Waals surface area contributed by atoms with Gasteiger partial charge in [-0.3, -0.25) is 4.79 Å². The van der Waals surface area contributed by atoms with Gasteiger partial charge >= 0.3 is 0 Å². The molecule has 6 nitrogen and oxygen atoms in total. The monoisotopic (exact) mass is 461 g/mol. The zero-order valence-electron chi connectivity index (χ0n) is 18.3. The molecule has 5 rings (SSSR count). The molecule has 1 aromatic carbocycles. The molecule has 0 fully saturated rings. The van der Waals surface area contributed by atoms with E-state index in [4.69, 9.17) is 26.6 Å². The number of nitrogens with zero attached hydrogens (tertiary/aromatic N) is 5. The van der Waals surface area contributed by atoms with E-state index in [0.29, 0.717) is 22.1 Å². The molecule has 0 radical (unpaired) electrons. The molecule has 0 saturated carbocycles. The minimum absolute atomic E-state index is 0.0363. The fraction of sp³-hybridized carbons (Fsp3) is 0.208. The molecule has 160 valence electrons. The van der Waals surface area contributed by atoms with Crippen molar-refractivity contribution in [3.05, 3.63) is 63.8 Å². The topological polar surface area (TPSA) is 73.6 Å². The standard InChI is InChI=1S/C24H20ClN5OS/c1-11-10-12(2)30(29-11)23-22-21(27-15(5)28-23)20-19(16-6-8-17(25)9-7-16)18(14(4)31)13(3)26-24(20)32-22/h6-10H,1-5H3. The lowest BCUT2D eigenvalue weighted by atomic mass is 9.94. The fourth-order valence-corrected chi connectivity index (χ4v) is 5.47. The normalized spacial score (nSPS) is 11.6. The van der Waals surface area contributed by atoms with Crippen molar-refractivity contribution < 1.29 is 4.79 Å². The first kappa shape index (κ1) is 20.7. The molecular formula is C24H20ClN5OS. The largest absolute Gasteiger partial charge is 0.294 e. The quantitative estimate of drug-likeness (QED) is 0.300. The van der Waals surface area contributed by atoms with E-state index in [2.05, 4.69) is 5.10 Å². The number of ketones is 1. The van der Waals surface area contributed by atoms with Gasteiger partial charge in [0.1, 0.15) is 15.4 Å². The van der Waals surface area contributed by atoms with Gasteiger partial charge in [0.2, 0.25) is 0 Å². The number of hydrogen-bond donors (Lipinski definition) is 0. The molecule has 0 atom stereocenters. The van der Waals surface area contributed by atoms with Crippen LogP contribution in [0, 0.1) is 27.7 Å². The van der Waals surface area contributed by atoms with Gasteiger partial charge in [0.15, 0.2) is 11.6 Å². The molecule has 4 aromatic heterocycles. The van der Waals surface area contributed by atoms with Gasteiger partial charge in [0.25, 0.3) is 0 Å². The van der Waals surface area contributed by atoms with Gasteiger partial charge in [-0.2, -0.15) is 5.10 Å². The number of aromatic nitrogens is 5. The Kier molecular flexibility index (Phi) is 4.83. The van der Waals surface area contributed by atoms with Crippen LogP contribution >= 0.6 is 22.9 Å². The second-order valence-corrected chi connectivity index (χ2v) is 9.34. The highest BCUT2D eigenvalue weighted by atomic mass is 35.5. The smallest absolute Gasteiger partial charge is 0.175 e. The number of benzene rings is 1. The number of thiophene rings is 1. The lowest BCUT2D eigenvalue weighted by molar-refractivity contribution is 0.101. The van der Waals surface area contributed by atoms with Crippen molar-refractivity contribution in [2.75, 3.05) is 0 Å². The number of halogens is 1. The van der Waals surface area contributed by atoms with Crippen molar-refractivity contribution in [2.45, 2.75) is 34.6 Å². The lowest BCUT2D eigenvalue weighted by Gasteiger charge is -2.12. The second kappa shape index (κ2) is 7.46. The number of Topliss-reactive ketones (excluding diaryl/α,β-unsaturated/α-hetero) is 1. The Bertz CT molecular complexity index is 1550. The van der Waals surface area contributed by atoms with Crippen LogP contribution in [0.25, 0.3) is 37.4 Å². The van der Waals surface area contributed by atoms with E-state index in [0.717, 1.165) is 48.8 Å². The highest BCUT2D eigenvalue weighted by Crippen LogP contribution is 2.43. The van der Waals surface area contributed by atoms with Crippen molar-refractivity contribution in [3.8, 4) is 16.9 Å². The summed E-state index contributed by atoms with van der Waals surface area (Å²) >= 11 is 7.67. The summed E-state index contributed by atoms with van der Waals surface area (Å²) in [5.74, 6) is 1.32. The highest BCUT2D eigenvalue weighted by Gasteiger charge is 2.24. The van der Waals surface area contributed by atoms with Crippen molar-refractivity contribution >= 4 is 49.2 Å². The number of carbonyl (C=O) groups excluding carboxylic acids is 1. The van der Waals surface area contributed by atoms with Gasteiger partial charge in [-0.1, -0.05) is 23.7 Å². The summed E-state index contributed by atoms with van der Waals surface area (Å²) in [6.07, 6.45) is 0. The molecule has 0 spiro atoms.